The molecule has 0 saturated carbocycles. The number of piperidine rings is 1. The molecule has 1 saturated heterocycles. The molecule has 2 aromatic heterocycles. The first-order valence-electron chi connectivity index (χ1n) is 10.9. The Balaban J connectivity index is 1.83. The van der Waals surface area contributed by atoms with Crippen LogP contribution in [0.15, 0.2) is 47.0 Å². The molecule has 1 aliphatic heterocycles. The molecule has 1 atom stereocenters. The minimum Gasteiger partial charge on any atom is -0.497 e. The molecular weight excluding hydrogens is 456 g/mol. The first-order chi connectivity index (χ1) is 16.5. The number of benzene rings is 1. The zero-order chi connectivity index (χ0) is 24.2. The van der Waals surface area contributed by atoms with Gasteiger partial charge in [-0.3, -0.25) is 14.2 Å². The van der Waals surface area contributed by atoms with Crippen molar-refractivity contribution in [2.24, 2.45) is 5.73 Å². The van der Waals surface area contributed by atoms with Gasteiger partial charge >= 0.3 is 0 Å². The molecule has 0 amide bonds. The first-order valence-corrected chi connectivity index (χ1v) is 11.4. The van der Waals surface area contributed by atoms with Crippen LogP contribution in [-0.4, -0.2) is 46.1 Å². The summed E-state index contributed by atoms with van der Waals surface area (Å²) >= 11 is 5.79. The van der Waals surface area contributed by atoms with Gasteiger partial charge in [0.25, 0.3) is 5.56 Å². The smallest absolute Gasteiger partial charge is 0.278 e. The molecule has 34 heavy (non-hydrogen) atoms. The minimum atomic E-state index is -0.409. The third-order valence-electron chi connectivity index (χ3n) is 5.95. The summed E-state index contributed by atoms with van der Waals surface area (Å²) in [6.45, 7) is 1.36. The molecule has 10 heteroatoms. The summed E-state index contributed by atoms with van der Waals surface area (Å²) in [4.78, 5) is 32.9. The number of ketones is 1. The van der Waals surface area contributed by atoms with Crippen LogP contribution < -0.4 is 20.9 Å². The van der Waals surface area contributed by atoms with Gasteiger partial charge in [0.05, 0.1) is 20.0 Å². The van der Waals surface area contributed by atoms with Gasteiger partial charge in [-0.25, -0.2) is 4.98 Å². The summed E-state index contributed by atoms with van der Waals surface area (Å²) in [6, 6.07) is 8.94. The second-order valence-electron chi connectivity index (χ2n) is 8.16. The van der Waals surface area contributed by atoms with Crippen molar-refractivity contribution in [3.8, 4) is 11.8 Å². The molecule has 0 bridgehead atoms. The number of carbonyl (C=O) groups excluding carboxylic acids is 1. The molecule has 9 nitrogen and oxygen atoms in total. The first kappa shape index (κ1) is 23.5. The number of halogens is 1. The number of Topliss-reactive ketones (excluding diaryl/α,β-unsaturated/α-hetero) is 1. The Hall–Kier alpha value is -3.61. The van der Waals surface area contributed by atoms with Crippen LogP contribution in [0.5, 0.6) is 5.75 Å². The van der Waals surface area contributed by atoms with E-state index in [1.165, 1.54) is 23.5 Å². The van der Waals surface area contributed by atoms with Crippen LogP contribution in [0, 0.1) is 11.3 Å². The second kappa shape index (κ2) is 10.1. The Morgan fingerprint density at radius 3 is 2.97 bits per heavy atom. The van der Waals surface area contributed by atoms with Crippen molar-refractivity contribution in [2.75, 3.05) is 25.1 Å². The molecule has 1 aromatic carbocycles. The number of rotatable bonds is 7. The fourth-order valence-corrected chi connectivity index (χ4v) is 4.44. The molecule has 0 aliphatic carbocycles. The highest BCUT2D eigenvalue weighted by atomic mass is 35.5. The van der Waals surface area contributed by atoms with Gasteiger partial charge in [0.15, 0.2) is 5.78 Å². The number of anilines is 1. The molecule has 0 spiro atoms. The fourth-order valence-electron chi connectivity index (χ4n) is 4.36. The van der Waals surface area contributed by atoms with Gasteiger partial charge < -0.3 is 19.9 Å². The summed E-state index contributed by atoms with van der Waals surface area (Å²) in [5.41, 5.74) is 8.43. The predicted molar refractivity (Wildman–Crippen MR) is 130 cm³/mol. The number of methoxy groups -OCH3 is 1. The molecule has 3 aromatic rings. The van der Waals surface area contributed by atoms with Crippen molar-refractivity contribution in [1.82, 2.24) is 14.1 Å². The lowest BCUT2D eigenvalue weighted by Gasteiger charge is -2.33. The number of allylic oxidation sites excluding steroid dienone is 1. The van der Waals surface area contributed by atoms with E-state index in [2.05, 4.69) is 11.1 Å². The lowest BCUT2D eigenvalue weighted by Crippen LogP contribution is -2.44. The Bertz CT molecular complexity index is 1350. The summed E-state index contributed by atoms with van der Waals surface area (Å²) in [5.74, 6) is 0.893. The monoisotopic (exact) mass is 480 g/mol. The van der Waals surface area contributed by atoms with Crippen LogP contribution in [0.4, 0.5) is 5.82 Å². The van der Waals surface area contributed by atoms with Gasteiger partial charge in [-0.1, -0.05) is 29.8 Å². The lowest BCUT2D eigenvalue weighted by atomic mass is 10.1. The highest BCUT2D eigenvalue weighted by Gasteiger charge is 2.28. The molecule has 1 aliphatic rings. The van der Waals surface area contributed by atoms with Gasteiger partial charge in [-0.2, -0.15) is 5.26 Å². The third-order valence-corrected chi connectivity index (χ3v) is 6.13. The zero-order valence-corrected chi connectivity index (χ0v) is 19.5. The van der Waals surface area contributed by atoms with E-state index in [1.54, 1.807) is 34.9 Å². The maximum absolute atomic E-state index is 13.5. The van der Waals surface area contributed by atoms with Crippen LogP contribution in [-0.2, 0) is 13.1 Å². The van der Waals surface area contributed by atoms with Crippen molar-refractivity contribution in [2.45, 2.75) is 32.0 Å². The standard InChI is InChI=1S/C24H25ClN6O3/c1-34-18-7-2-5-16(11-18)20(32)14-30-15-28-21-19(12-26)23(29-9-3-6-17(27)13-29)31(10-4-8-25)22(21)24(30)33/h2,4-5,7-8,11,15,17H,3,6,9-10,13-14,27H2,1H3. The Morgan fingerprint density at radius 2 is 2.26 bits per heavy atom. The number of carbonyl (C=O) groups is 1. The lowest BCUT2D eigenvalue weighted by molar-refractivity contribution is 0.0970. The minimum absolute atomic E-state index is 0.0274. The van der Waals surface area contributed by atoms with Crippen molar-refractivity contribution < 1.29 is 9.53 Å². The normalized spacial score (nSPS) is 16.2. The molecular formula is C24H25ClN6O3. The van der Waals surface area contributed by atoms with Crippen LogP contribution in [0.2, 0.25) is 0 Å². The Kier molecular flexibility index (Phi) is 7.01. The van der Waals surface area contributed by atoms with Crippen LogP contribution >= 0.6 is 11.6 Å². The highest BCUT2D eigenvalue weighted by molar-refractivity contribution is 6.25. The molecule has 2 N–H and O–H groups in total. The fraction of sp³-hybridized carbons (Fsp3) is 0.333. The number of fused-ring (bicyclic) bond motifs is 1. The van der Waals surface area contributed by atoms with Crippen LogP contribution in [0.1, 0.15) is 28.8 Å². The van der Waals surface area contributed by atoms with E-state index >= 15 is 0 Å². The summed E-state index contributed by atoms with van der Waals surface area (Å²) in [6.07, 6.45) is 4.79. The number of nitrogens with zero attached hydrogens (tertiary/aromatic N) is 5. The van der Waals surface area contributed by atoms with Crippen molar-refractivity contribution >= 4 is 34.2 Å². The molecule has 0 radical (unpaired) electrons. The van der Waals surface area contributed by atoms with E-state index in [0.29, 0.717) is 41.3 Å². The third kappa shape index (κ3) is 4.42. The second-order valence-corrected chi connectivity index (χ2v) is 8.41. The van der Waals surface area contributed by atoms with Gasteiger partial charge in [0, 0.05) is 36.8 Å². The Morgan fingerprint density at radius 1 is 1.44 bits per heavy atom. The van der Waals surface area contributed by atoms with Crippen molar-refractivity contribution in [1.29, 1.82) is 5.26 Å². The predicted octanol–water partition coefficient (Wildman–Crippen LogP) is 2.64. The maximum atomic E-state index is 13.5. The van der Waals surface area contributed by atoms with E-state index in [4.69, 9.17) is 22.1 Å². The number of nitriles is 1. The van der Waals surface area contributed by atoms with Gasteiger partial charge in [-0.05, 0) is 25.0 Å². The quantitative estimate of drug-likeness (QED) is 0.516. The number of ether oxygens (including phenoxy) is 1. The van der Waals surface area contributed by atoms with Crippen molar-refractivity contribution in [3.05, 3.63) is 63.7 Å². The topological polar surface area (TPSA) is 119 Å². The van der Waals surface area contributed by atoms with E-state index in [-0.39, 0.29) is 30.4 Å². The van der Waals surface area contributed by atoms with Crippen molar-refractivity contribution in [3.63, 3.8) is 0 Å². The van der Waals surface area contributed by atoms with E-state index in [9.17, 15) is 14.9 Å². The number of hydrogen-bond acceptors (Lipinski definition) is 7. The van der Waals surface area contributed by atoms with E-state index in [0.717, 1.165) is 12.8 Å². The summed E-state index contributed by atoms with van der Waals surface area (Å²) in [7, 11) is 1.52. The molecule has 3 heterocycles. The van der Waals surface area contributed by atoms with Gasteiger partial charge in [0.1, 0.15) is 34.2 Å². The summed E-state index contributed by atoms with van der Waals surface area (Å²) < 4.78 is 8.19. The average molecular weight is 481 g/mol. The zero-order valence-electron chi connectivity index (χ0n) is 18.8. The average Bonchev–Trinajstić information content (AvgIpc) is 3.18. The number of nitrogens with two attached hydrogens (primary N) is 1. The highest BCUT2D eigenvalue weighted by Crippen LogP contribution is 2.31. The Labute approximate surface area is 201 Å². The molecule has 4 rings (SSSR count). The number of hydrogen-bond donors (Lipinski definition) is 1. The maximum Gasteiger partial charge on any atom is 0.278 e. The molecule has 1 fully saturated rings. The van der Waals surface area contributed by atoms with E-state index < -0.39 is 5.56 Å². The van der Waals surface area contributed by atoms with Gasteiger partial charge in [0.2, 0.25) is 0 Å². The van der Waals surface area contributed by atoms with Gasteiger partial charge in [-0.15, -0.1) is 0 Å². The van der Waals surface area contributed by atoms with Crippen LogP contribution in [0.3, 0.4) is 0 Å². The SMILES string of the molecule is COc1cccc(C(=O)Cn2cnc3c(C#N)c(N4CCCC(N)C4)n(CC=CCl)c3c2=O)c1. The molecule has 1 unspecified atom stereocenters. The largest absolute Gasteiger partial charge is 0.497 e. The van der Waals surface area contributed by atoms with Crippen LogP contribution in [0.25, 0.3) is 11.0 Å². The molecule has 176 valence electrons. The summed E-state index contributed by atoms with van der Waals surface area (Å²) in [5, 5.41) is 9.98. The van der Waals surface area contributed by atoms with E-state index in [1.807, 2.05) is 4.90 Å². The number of aromatic nitrogens is 3.